The van der Waals surface area contributed by atoms with Crippen LogP contribution in [0.1, 0.15) is 26.3 Å². The van der Waals surface area contributed by atoms with Crippen molar-refractivity contribution in [3.05, 3.63) is 54.1 Å². The van der Waals surface area contributed by atoms with Crippen LogP contribution in [-0.4, -0.2) is 17.2 Å². The van der Waals surface area contributed by atoms with E-state index in [1.54, 1.807) is 6.08 Å². The van der Waals surface area contributed by atoms with Crippen LogP contribution in [0.15, 0.2) is 48.5 Å². The molecule has 0 aromatic heterocycles. The van der Waals surface area contributed by atoms with Crippen molar-refractivity contribution in [2.24, 2.45) is 0 Å². The lowest BCUT2D eigenvalue weighted by molar-refractivity contribution is -0.136. The van der Waals surface area contributed by atoms with Gasteiger partial charge < -0.3 is 5.32 Å². The van der Waals surface area contributed by atoms with Crippen LogP contribution in [0.5, 0.6) is 0 Å². The second-order valence-corrected chi connectivity index (χ2v) is 6.01. The number of benzene rings is 2. The molecule has 0 atom stereocenters. The average molecular weight is 281 g/mol. The second-order valence-electron chi connectivity index (χ2n) is 6.01. The number of hydrogen-bond acceptors (Lipinski definition) is 2. The molecule has 1 amide bonds. The summed E-state index contributed by atoms with van der Waals surface area (Å²) in [6, 6.07) is 13.9. The Hall–Kier alpha value is -2.42. The van der Waals surface area contributed by atoms with Crippen molar-refractivity contribution in [3.63, 3.8) is 0 Å². The fourth-order valence-electron chi connectivity index (χ4n) is 1.96. The third kappa shape index (κ3) is 4.28. The van der Waals surface area contributed by atoms with Gasteiger partial charge in [-0.2, -0.15) is 0 Å². The number of amides is 1. The molecule has 21 heavy (non-hydrogen) atoms. The zero-order chi connectivity index (χ0) is 15.5. The second kappa shape index (κ2) is 5.92. The Balaban J connectivity index is 2.12. The van der Waals surface area contributed by atoms with Crippen LogP contribution < -0.4 is 5.32 Å². The van der Waals surface area contributed by atoms with Gasteiger partial charge in [-0.1, -0.05) is 42.5 Å². The Morgan fingerprint density at radius 2 is 1.67 bits per heavy atom. The molecule has 0 aliphatic carbocycles. The minimum atomic E-state index is -0.584. The monoisotopic (exact) mass is 281 g/mol. The van der Waals surface area contributed by atoms with Crippen molar-refractivity contribution >= 4 is 28.5 Å². The van der Waals surface area contributed by atoms with Crippen molar-refractivity contribution < 1.29 is 9.59 Å². The molecule has 0 spiro atoms. The standard InChI is InChI=1S/C18H19NO2/c1-18(2,3)19-17(21)16(20)11-9-13-8-10-14-6-4-5-7-15(14)12-13/h4-12H,1-3H3,(H,19,21)/b11-9+. The highest BCUT2D eigenvalue weighted by Crippen LogP contribution is 2.16. The van der Waals surface area contributed by atoms with Gasteiger partial charge in [-0.25, -0.2) is 0 Å². The van der Waals surface area contributed by atoms with Crippen molar-refractivity contribution in [2.75, 3.05) is 0 Å². The topological polar surface area (TPSA) is 46.2 Å². The van der Waals surface area contributed by atoms with Crippen LogP contribution in [0.25, 0.3) is 16.8 Å². The number of ketones is 1. The molecule has 0 bridgehead atoms. The zero-order valence-corrected chi connectivity index (χ0v) is 12.5. The highest BCUT2D eigenvalue weighted by atomic mass is 16.2. The third-order valence-electron chi connectivity index (χ3n) is 2.91. The molecular weight excluding hydrogens is 262 g/mol. The summed E-state index contributed by atoms with van der Waals surface area (Å²) in [6.07, 6.45) is 2.97. The maximum atomic E-state index is 11.8. The van der Waals surface area contributed by atoms with E-state index in [4.69, 9.17) is 0 Å². The summed E-state index contributed by atoms with van der Waals surface area (Å²) in [6.45, 7) is 5.52. The summed E-state index contributed by atoms with van der Waals surface area (Å²) in [7, 11) is 0. The van der Waals surface area contributed by atoms with E-state index in [2.05, 4.69) is 5.32 Å². The Morgan fingerprint density at radius 1 is 1.00 bits per heavy atom. The predicted octanol–water partition coefficient (Wildman–Crippen LogP) is 3.34. The maximum absolute atomic E-state index is 11.8. The van der Waals surface area contributed by atoms with Gasteiger partial charge in [0.15, 0.2) is 0 Å². The molecule has 1 N–H and O–H groups in total. The largest absolute Gasteiger partial charge is 0.345 e. The lowest BCUT2D eigenvalue weighted by Crippen LogP contribution is -2.43. The maximum Gasteiger partial charge on any atom is 0.292 e. The first-order valence-corrected chi connectivity index (χ1v) is 6.88. The lowest BCUT2D eigenvalue weighted by Gasteiger charge is -2.19. The van der Waals surface area contributed by atoms with E-state index in [0.717, 1.165) is 16.3 Å². The molecule has 0 saturated heterocycles. The Morgan fingerprint density at radius 3 is 2.33 bits per heavy atom. The van der Waals surface area contributed by atoms with E-state index >= 15 is 0 Å². The highest BCUT2D eigenvalue weighted by molar-refractivity contribution is 6.41. The third-order valence-corrected chi connectivity index (χ3v) is 2.91. The molecule has 2 aromatic carbocycles. The number of carbonyl (C=O) groups excluding carboxylic acids is 2. The van der Waals surface area contributed by atoms with Crippen LogP contribution >= 0.6 is 0 Å². The Bertz CT molecular complexity index is 708. The quantitative estimate of drug-likeness (QED) is 0.693. The van der Waals surface area contributed by atoms with Crippen molar-refractivity contribution in [2.45, 2.75) is 26.3 Å². The van der Waals surface area contributed by atoms with Gasteiger partial charge in [0.05, 0.1) is 0 Å². The molecular formula is C18H19NO2. The van der Waals surface area contributed by atoms with Gasteiger partial charge in [-0.05, 0) is 49.2 Å². The van der Waals surface area contributed by atoms with Gasteiger partial charge in [0.25, 0.3) is 5.91 Å². The van der Waals surface area contributed by atoms with E-state index in [1.807, 2.05) is 63.2 Å². The first kappa shape index (κ1) is 15.0. The molecule has 2 rings (SSSR count). The lowest BCUT2D eigenvalue weighted by atomic mass is 10.1. The van der Waals surface area contributed by atoms with Gasteiger partial charge in [0.1, 0.15) is 0 Å². The number of fused-ring (bicyclic) bond motifs is 1. The van der Waals surface area contributed by atoms with Crippen LogP contribution in [0.2, 0.25) is 0 Å². The smallest absolute Gasteiger partial charge is 0.292 e. The zero-order valence-electron chi connectivity index (χ0n) is 12.5. The number of hydrogen-bond donors (Lipinski definition) is 1. The molecule has 0 saturated carbocycles. The highest BCUT2D eigenvalue weighted by Gasteiger charge is 2.17. The minimum absolute atomic E-state index is 0.413. The van der Waals surface area contributed by atoms with Crippen LogP contribution in [-0.2, 0) is 9.59 Å². The molecule has 3 heteroatoms. The van der Waals surface area contributed by atoms with E-state index in [9.17, 15) is 9.59 Å². The number of nitrogens with one attached hydrogen (secondary N) is 1. The Labute approximate surface area is 124 Å². The van der Waals surface area contributed by atoms with Crippen LogP contribution in [0.4, 0.5) is 0 Å². The molecule has 3 nitrogen and oxygen atoms in total. The molecule has 0 fully saturated rings. The van der Waals surface area contributed by atoms with E-state index in [-0.39, 0.29) is 0 Å². The molecule has 108 valence electrons. The number of carbonyl (C=O) groups is 2. The predicted molar refractivity (Wildman–Crippen MR) is 85.9 cm³/mol. The van der Waals surface area contributed by atoms with Crippen molar-refractivity contribution in [3.8, 4) is 0 Å². The summed E-state index contributed by atoms with van der Waals surface area (Å²) in [5.74, 6) is -1.13. The van der Waals surface area contributed by atoms with E-state index < -0.39 is 17.2 Å². The van der Waals surface area contributed by atoms with Gasteiger partial charge in [-0.3, -0.25) is 9.59 Å². The minimum Gasteiger partial charge on any atom is -0.345 e. The van der Waals surface area contributed by atoms with E-state index in [0.29, 0.717) is 0 Å². The SMILES string of the molecule is CC(C)(C)NC(=O)C(=O)/C=C/c1ccc2ccccc2c1. The van der Waals surface area contributed by atoms with Gasteiger partial charge in [-0.15, -0.1) is 0 Å². The van der Waals surface area contributed by atoms with Crippen LogP contribution in [0, 0.1) is 0 Å². The first-order chi connectivity index (χ1) is 9.85. The molecule has 0 aliphatic rings. The first-order valence-electron chi connectivity index (χ1n) is 6.88. The summed E-state index contributed by atoms with van der Waals surface area (Å²) in [4.78, 5) is 23.4. The normalized spacial score (nSPS) is 11.8. The van der Waals surface area contributed by atoms with Crippen molar-refractivity contribution in [1.82, 2.24) is 5.32 Å². The van der Waals surface area contributed by atoms with Gasteiger partial charge in [0, 0.05) is 5.54 Å². The van der Waals surface area contributed by atoms with Crippen LogP contribution in [0.3, 0.4) is 0 Å². The summed E-state index contributed by atoms with van der Waals surface area (Å²) in [5.41, 5.74) is 0.481. The summed E-state index contributed by atoms with van der Waals surface area (Å²) in [5, 5.41) is 4.89. The molecule has 2 aromatic rings. The summed E-state index contributed by atoms with van der Waals surface area (Å²) >= 11 is 0. The Kier molecular flexibility index (Phi) is 4.22. The number of rotatable bonds is 3. The van der Waals surface area contributed by atoms with Gasteiger partial charge >= 0.3 is 0 Å². The summed E-state index contributed by atoms with van der Waals surface area (Å²) < 4.78 is 0. The fraction of sp³-hybridized carbons (Fsp3) is 0.222. The molecule has 0 radical (unpaired) electrons. The molecule has 0 unspecified atom stereocenters. The molecule has 0 heterocycles. The average Bonchev–Trinajstić information content (AvgIpc) is 2.42. The van der Waals surface area contributed by atoms with Crippen molar-refractivity contribution in [1.29, 1.82) is 0 Å². The van der Waals surface area contributed by atoms with E-state index in [1.165, 1.54) is 6.08 Å². The fourth-order valence-corrected chi connectivity index (χ4v) is 1.96. The van der Waals surface area contributed by atoms with Gasteiger partial charge in [0.2, 0.25) is 5.78 Å². The molecule has 0 aliphatic heterocycles.